The van der Waals surface area contributed by atoms with Crippen LogP contribution in [0.3, 0.4) is 0 Å². The highest BCUT2D eigenvalue weighted by Crippen LogP contribution is 2.19. The number of para-hydroxylation sites is 1. The fourth-order valence-corrected chi connectivity index (χ4v) is 1.90. The van der Waals surface area contributed by atoms with Gasteiger partial charge in [-0.1, -0.05) is 18.2 Å². The molecular weight excluding hydrogens is 230 g/mol. The fraction of sp³-hybridized carbons (Fsp3) is 0.385. The van der Waals surface area contributed by atoms with E-state index in [0.29, 0.717) is 13.1 Å². The van der Waals surface area contributed by atoms with Crippen LogP contribution in [0.15, 0.2) is 30.3 Å². The molecule has 0 radical (unpaired) electrons. The Labute approximate surface area is 106 Å². The molecule has 1 heterocycles. The summed E-state index contributed by atoms with van der Waals surface area (Å²) in [6.45, 7) is 4.70. The molecule has 4 amide bonds. The molecule has 1 fully saturated rings. The first kappa shape index (κ1) is 12.4. The number of benzene rings is 1. The first-order valence-electron chi connectivity index (χ1n) is 6.04. The van der Waals surface area contributed by atoms with Crippen LogP contribution in [-0.2, 0) is 0 Å². The van der Waals surface area contributed by atoms with Gasteiger partial charge >= 0.3 is 12.1 Å². The maximum atomic E-state index is 12.1. The van der Waals surface area contributed by atoms with Crippen molar-refractivity contribution in [3.8, 4) is 0 Å². The zero-order valence-electron chi connectivity index (χ0n) is 10.6. The molecule has 5 heteroatoms. The summed E-state index contributed by atoms with van der Waals surface area (Å²) in [4.78, 5) is 26.8. The zero-order valence-corrected chi connectivity index (χ0v) is 10.6. The molecule has 1 N–H and O–H groups in total. The third-order valence-electron chi connectivity index (χ3n) is 2.73. The molecule has 96 valence electrons. The van der Waals surface area contributed by atoms with Gasteiger partial charge in [0.15, 0.2) is 0 Å². The second kappa shape index (κ2) is 5.08. The van der Waals surface area contributed by atoms with Crippen molar-refractivity contribution in [3.63, 3.8) is 0 Å². The molecule has 1 aliphatic heterocycles. The minimum Gasteiger partial charge on any atom is -0.335 e. The van der Waals surface area contributed by atoms with Crippen molar-refractivity contribution in [2.24, 2.45) is 0 Å². The fourth-order valence-electron chi connectivity index (χ4n) is 1.90. The van der Waals surface area contributed by atoms with Crippen molar-refractivity contribution in [2.75, 3.05) is 18.0 Å². The quantitative estimate of drug-likeness (QED) is 0.869. The lowest BCUT2D eigenvalue weighted by atomic mass is 10.3. The predicted octanol–water partition coefficient (Wildman–Crippen LogP) is 2.05. The average Bonchev–Trinajstić information content (AvgIpc) is 2.71. The normalized spacial score (nSPS) is 15.4. The molecule has 1 aromatic carbocycles. The third-order valence-corrected chi connectivity index (χ3v) is 2.73. The lowest BCUT2D eigenvalue weighted by Crippen LogP contribution is -2.45. The molecule has 0 aliphatic carbocycles. The van der Waals surface area contributed by atoms with Crippen molar-refractivity contribution in [1.29, 1.82) is 0 Å². The summed E-state index contributed by atoms with van der Waals surface area (Å²) < 4.78 is 0. The Morgan fingerprint density at radius 2 is 1.89 bits per heavy atom. The SMILES string of the molecule is CC(C)NC(=O)N1CCN(c2ccccc2)C1=O. The smallest absolute Gasteiger partial charge is 0.332 e. The van der Waals surface area contributed by atoms with E-state index in [1.807, 2.05) is 44.2 Å². The molecule has 1 saturated heterocycles. The van der Waals surface area contributed by atoms with Gasteiger partial charge in [-0.2, -0.15) is 0 Å². The first-order valence-corrected chi connectivity index (χ1v) is 6.04. The maximum absolute atomic E-state index is 12.1. The van der Waals surface area contributed by atoms with E-state index in [1.54, 1.807) is 4.90 Å². The number of hydrogen-bond acceptors (Lipinski definition) is 2. The van der Waals surface area contributed by atoms with Gasteiger partial charge in [-0.25, -0.2) is 14.5 Å². The Kier molecular flexibility index (Phi) is 3.50. The number of nitrogens with one attached hydrogen (secondary N) is 1. The Morgan fingerprint density at radius 3 is 2.50 bits per heavy atom. The lowest BCUT2D eigenvalue weighted by Gasteiger charge is -2.19. The van der Waals surface area contributed by atoms with E-state index >= 15 is 0 Å². The first-order chi connectivity index (χ1) is 8.59. The Morgan fingerprint density at radius 1 is 1.22 bits per heavy atom. The van der Waals surface area contributed by atoms with Crippen LogP contribution in [0.2, 0.25) is 0 Å². The van der Waals surface area contributed by atoms with Crippen molar-refractivity contribution in [3.05, 3.63) is 30.3 Å². The number of rotatable bonds is 2. The molecule has 5 nitrogen and oxygen atoms in total. The molecule has 18 heavy (non-hydrogen) atoms. The van der Waals surface area contributed by atoms with E-state index in [0.717, 1.165) is 5.69 Å². The minimum absolute atomic E-state index is 0.0241. The summed E-state index contributed by atoms with van der Waals surface area (Å²) in [6.07, 6.45) is 0. The summed E-state index contributed by atoms with van der Waals surface area (Å²) in [5.74, 6) is 0. The number of carbonyl (C=O) groups excluding carboxylic acids is 2. The number of amides is 4. The largest absolute Gasteiger partial charge is 0.335 e. The number of imide groups is 1. The molecule has 0 bridgehead atoms. The van der Waals surface area contributed by atoms with E-state index in [9.17, 15) is 9.59 Å². The van der Waals surface area contributed by atoms with E-state index < -0.39 is 0 Å². The van der Waals surface area contributed by atoms with Gasteiger partial charge in [0.2, 0.25) is 0 Å². The van der Waals surface area contributed by atoms with Gasteiger partial charge < -0.3 is 5.32 Å². The van der Waals surface area contributed by atoms with Gasteiger partial charge in [-0.05, 0) is 26.0 Å². The van der Waals surface area contributed by atoms with Crippen LogP contribution >= 0.6 is 0 Å². The van der Waals surface area contributed by atoms with Crippen LogP contribution in [0, 0.1) is 0 Å². The summed E-state index contributed by atoms with van der Waals surface area (Å²) >= 11 is 0. The van der Waals surface area contributed by atoms with Crippen molar-refractivity contribution < 1.29 is 9.59 Å². The van der Waals surface area contributed by atoms with Crippen molar-refractivity contribution in [1.82, 2.24) is 10.2 Å². The standard InChI is InChI=1S/C13H17N3O2/c1-10(2)14-12(17)16-9-8-15(13(16)18)11-6-4-3-5-7-11/h3-7,10H,8-9H2,1-2H3,(H,14,17). The van der Waals surface area contributed by atoms with Crippen LogP contribution in [0.4, 0.5) is 15.3 Å². The van der Waals surface area contributed by atoms with E-state index in [1.165, 1.54) is 4.90 Å². The number of nitrogens with zero attached hydrogens (tertiary/aromatic N) is 2. The van der Waals surface area contributed by atoms with Gasteiger partial charge in [0.1, 0.15) is 0 Å². The van der Waals surface area contributed by atoms with E-state index in [-0.39, 0.29) is 18.1 Å². The Hall–Kier alpha value is -2.04. The number of urea groups is 2. The molecule has 0 unspecified atom stereocenters. The molecule has 0 spiro atoms. The summed E-state index contributed by atoms with van der Waals surface area (Å²) in [7, 11) is 0. The second-order valence-electron chi connectivity index (χ2n) is 4.53. The van der Waals surface area contributed by atoms with Crippen LogP contribution in [0.1, 0.15) is 13.8 Å². The highest BCUT2D eigenvalue weighted by atomic mass is 16.2. The highest BCUT2D eigenvalue weighted by Gasteiger charge is 2.33. The minimum atomic E-state index is -0.326. The highest BCUT2D eigenvalue weighted by molar-refractivity contribution is 6.04. The summed E-state index contributed by atoms with van der Waals surface area (Å²) in [6, 6.07) is 8.80. The lowest BCUT2D eigenvalue weighted by molar-refractivity contribution is 0.198. The van der Waals surface area contributed by atoms with Gasteiger partial charge in [0.05, 0.1) is 6.54 Å². The van der Waals surface area contributed by atoms with Gasteiger partial charge in [-0.3, -0.25) is 4.90 Å². The second-order valence-corrected chi connectivity index (χ2v) is 4.53. The van der Waals surface area contributed by atoms with Crippen LogP contribution in [-0.4, -0.2) is 36.1 Å². The monoisotopic (exact) mass is 247 g/mol. The summed E-state index contributed by atoms with van der Waals surface area (Å²) in [5, 5.41) is 2.73. The zero-order chi connectivity index (χ0) is 13.1. The molecule has 1 aromatic rings. The molecule has 0 aromatic heterocycles. The molecule has 0 atom stereocenters. The van der Waals surface area contributed by atoms with Gasteiger partial charge in [-0.15, -0.1) is 0 Å². The molecule has 1 aliphatic rings. The van der Waals surface area contributed by atoms with E-state index in [4.69, 9.17) is 0 Å². The van der Waals surface area contributed by atoms with Crippen LogP contribution in [0.5, 0.6) is 0 Å². The van der Waals surface area contributed by atoms with Crippen LogP contribution in [0.25, 0.3) is 0 Å². The number of carbonyl (C=O) groups is 2. The topological polar surface area (TPSA) is 52.7 Å². The number of hydrogen-bond donors (Lipinski definition) is 1. The van der Waals surface area contributed by atoms with Crippen LogP contribution < -0.4 is 10.2 Å². The van der Waals surface area contributed by atoms with Gasteiger partial charge in [0.25, 0.3) is 0 Å². The van der Waals surface area contributed by atoms with Crippen molar-refractivity contribution >= 4 is 17.7 Å². The number of anilines is 1. The maximum Gasteiger partial charge on any atom is 0.332 e. The Bertz CT molecular complexity index is 445. The predicted molar refractivity (Wildman–Crippen MR) is 69.6 cm³/mol. The molecule has 2 rings (SSSR count). The van der Waals surface area contributed by atoms with Gasteiger partial charge in [0, 0.05) is 18.3 Å². The Balaban J connectivity index is 2.08. The van der Waals surface area contributed by atoms with Crippen molar-refractivity contribution in [2.45, 2.75) is 19.9 Å². The molecular formula is C13H17N3O2. The van der Waals surface area contributed by atoms with E-state index in [2.05, 4.69) is 5.32 Å². The molecule has 0 saturated carbocycles. The average molecular weight is 247 g/mol. The third kappa shape index (κ3) is 2.45. The summed E-state index contributed by atoms with van der Waals surface area (Å²) in [5.41, 5.74) is 0.822.